The molecule has 0 radical (unpaired) electrons. The molecule has 1 aromatic rings. The average Bonchev–Trinajstić information content (AvgIpc) is 2.27. The largest absolute Gasteiger partial charge is 0.466 e. The van der Waals surface area contributed by atoms with Crippen molar-refractivity contribution in [2.24, 2.45) is 0 Å². The molecule has 3 nitrogen and oxygen atoms in total. The van der Waals surface area contributed by atoms with Gasteiger partial charge in [-0.1, -0.05) is 0 Å². The highest BCUT2D eigenvalue weighted by Crippen LogP contribution is 2.35. The van der Waals surface area contributed by atoms with Gasteiger partial charge in [0.25, 0.3) is 0 Å². The molecule has 0 saturated heterocycles. The second-order valence-corrected chi connectivity index (χ2v) is 4.10. The zero-order chi connectivity index (χ0) is 14.6. The quantitative estimate of drug-likeness (QED) is 0.687. The number of hydrogen-bond acceptors (Lipinski definition) is 4. The summed E-state index contributed by atoms with van der Waals surface area (Å²) >= 11 is 3.74. The number of ether oxygens (including phenoxy) is 1. The van der Waals surface area contributed by atoms with E-state index in [0.29, 0.717) is 6.07 Å². The van der Waals surface area contributed by atoms with Crippen LogP contribution in [0.4, 0.5) is 13.2 Å². The number of nitriles is 1. The van der Waals surface area contributed by atoms with Crippen LogP contribution in [-0.2, 0) is 22.1 Å². The van der Waals surface area contributed by atoms with Gasteiger partial charge in [-0.15, -0.1) is 12.6 Å². The zero-order valence-corrected chi connectivity index (χ0v) is 10.8. The minimum atomic E-state index is -4.59. The lowest BCUT2D eigenvalue weighted by Crippen LogP contribution is -2.11. The molecule has 0 saturated carbocycles. The molecule has 0 aliphatic carbocycles. The fourth-order valence-electron chi connectivity index (χ4n) is 1.48. The molecule has 7 heteroatoms. The van der Waals surface area contributed by atoms with Crippen LogP contribution in [-0.4, -0.2) is 12.6 Å². The fourth-order valence-corrected chi connectivity index (χ4v) is 1.82. The van der Waals surface area contributed by atoms with Crippen molar-refractivity contribution in [2.45, 2.75) is 24.4 Å². The Morgan fingerprint density at radius 2 is 2.11 bits per heavy atom. The van der Waals surface area contributed by atoms with Crippen LogP contribution in [0.1, 0.15) is 23.6 Å². The number of rotatable bonds is 3. The maximum absolute atomic E-state index is 12.6. The lowest BCUT2D eigenvalue weighted by molar-refractivity contribution is -0.142. The minimum Gasteiger partial charge on any atom is -0.466 e. The molecule has 0 N–H and O–H groups in total. The summed E-state index contributed by atoms with van der Waals surface area (Å²) in [4.78, 5) is 11.0. The molecular weight excluding hydrogens is 279 g/mol. The lowest BCUT2D eigenvalue weighted by Gasteiger charge is -2.12. The third kappa shape index (κ3) is 3.89. The van der Waals surface area contributed by atoms with E-state index in [1.807, 2.05) is 0 Å². The third-order valence-electron chi connectivity index (χ3n) is 2.29. The van der Waals surface area contributed by atoms with Crippen molar-refractivity contribution >= 4 is 18.6 Å². The monoisotopic (exact) mass is 289 g/mol. The standard InChI is InChI=1S/C12H10F3NO2S/c1-2-18-11(17)5-7-4-10(19)9(12(13,14)15)3-8(7)6-16/h3-4,19H,2,5H2,1H3. The van der Waals surface area contributed by atoms with E-state index in [4.69, 9.17) is 5.26 Å². The van der Waals surface area contributed by atoms with Crippen LogP contribution in [0.2, 0.25) is 0 Å². The normalized spacial score (nSPS) is 10.9. The SMILES string of the molecule is CCOC(=O)Cc1cc(S)c(C(F)(F)F)cc1C#N. The topological polar surface area (TPSA) is 50.1 Å². The summed E-state index contributed by atoms with van der Waals surface area (Å²) < 4.78 is 42.6. The zero-order valence-electron chi connectivity index (χ0n) is 9.91. The first kappa shape index (κ1) is 15.4. The fraction of sp³-hybridized carbons (Fsp3) is 0.333. The highest BCUT2D eigenvalue weighted by molar-refractivity contribution is 7.80. The molecule has 102 valence electrons. The molecule has 1 aromatic carbocycles. The Hall–Kier alpha value is -1.68. The second kappa shape index (κ2) is 5.97. The molecule has 0 bridgehead atoms. The summed E-state index contributed by atoms with van der Waals surface area (Å²) in [5, 5.41) is 8.85. The molecule has 1 rings (SSSR count). The first-order chi connectivity index (χ1) is 8.79. The van der Waals surface area contributed by atoms with Gasteiger partial charge < -0.3 is 4.74 Å². The van der Waals surface area contributed by atoms with Crippen molar-refractivity contribution in [3.63, 3.8) is 0 Å². The number of thiol groups is 1. The number of alkyl halides is 3. The molecule has 19 heavy (non-hydrogen) atoms. The molecule has 0 atom stereocenters. The van der Waals surface area contributed by atoms with E-state index in [1.54, 1.807) is 13.0 Å². The molecule has 0 aliphatic rings. The number of carbonyl (C=O) groups is 1. The molecule has 0 heterocycles. The molecule has 0 aliphatic heterocycles. The number of carbonyl (C=O) groups excluding carboxylic acids is 1. The van der Waals surface area contributed by atoms with E-state index in [1.165, 1.54) is 0 Å². The van der Waals surface area contributed by atoms with Gasteiger partial charge >= 0.3 is 12.1 Å². The molecule has 0 aromatic heterocycles. The van der Waals surface area contributed by atoms with E-state index in [-0.39, 0.29) is 29.1 Å². The number of hydrogen-bond donors (Lipinski definition) is 1. The van der Waals surface area contributed by atoms with Crippen molar-refractivity contribution < 1.29 is 22.7 Å². The van der Waals surface area contributed by atoms with E-state index in [2.05, 4.69) is 17.4 Å². The summed E-state index contributed by atoms with van der Waals surface area (Å²) in [5.74, 6) is -0.605. The third-order valence-corrected chi connectivity index (χ3v) is 2.66. The van der Waals surface area contributed by atoms with Crippen LogP contribution < -0.4 is 0 Å². The number of halogens is 3. The first-order valence-corrected chi connectivity index (χ1v) is 5.73. The van der Waals surface area contributed by atoms with E-state index >= 15 is 0 Å². The summed E-state index contributed by atoms with van der Waals surface area (Å²) in [6.07, 6.45) is -4.85. The maximum Gasteiger partial charge on any atom is 0.417 e. The summed E-state index contributed by atoms with van der Waals surface area (Å²) in [6, 6.07) is 3.40. The van der Waals surface area contributed by atoms with Gasteiger partial charge in [-0.3, -0.25) is 4.79 Å². The first-order valence-electron chi connectivity index (χ1n) is 5.28. The van der Waals surface area contributed by atoms with Crippen molar-refractivity contribution in [2.75, 3.05) is 6.61 Å². The smallest absolute Gasteiger partial charge is 0.417 e. The highest BCUT2D eigenvalue weighted by Gasteiger charge is 2.33. The van der Waals surface area contributed by atoms with Crippen LogP contribution >= 0.6 is 12.6 Å². The van der Waals surface area contributed by atoms with Gasteiger partial charge in [-0.25, -0.2) is 0 Å². The maximum atomic E-state index is 12.6. The Morgan fingerprint density at radius 3 is 2.58 bits per heavy atom. The van der Waals surface area contributed by atoms with Gasteiger partial charge in [0.05, 0.1) is 30.2 Å². The van der Waals surface area contributed by atoms with Crippen LogP contribution in [0.25, 0.3) is 0 Å². The Labute approximate surface area is 113 Å². The molecule has 0 amide bonds. The predicted molar refractivity (Wildman–Crippen MR) is 63.7 cm³/mol. The van der Waals surface area contributed by atoms with Gasteiger partial charge in [0.1, 0.15) is 0 Å². The van der Waals surface area contributed by atoms with Crippen LogP contribution in [0.3, 0.4) is 0 Å². The Balaban J connectivity index is 3.19. The van der Waals surface area contributed by atoms with E-state index < -0.39 is 17.7 Å². The average molecular weight is 289 g/mol. The Kier molecular flexibility index (Phi) is 4.84. The van der Waals surface area contributed by atoms with Crippen LogP contribution in [0, 0.1) is 11.3 Å². The van der Waals surface area contributed by atoms with E-state index in [0.717, 1.165) is 6.07 Å². The minimum absolute atomic E-state index is 0.162. The number of esters is 1. The van der Waals surface area contributed by atoms with Crippen LogP contribution in [0.5, 0.6) is 0 Å². The predicted octanol–water partition coefficient (Wildman–Crippen LogP) is 2.97. The second-order valence-electron chi connectivity index (χ2n) is 3.62. The van der Waals surface area contributed by atoms with Gasteiger partial charge in [-0.2, -0.15) is 18.4 Å². The Bertz CT molecular complexity index is 535. The Morgan fingerprint density at radius 1 is 1.47 bits per heavy atom. The van der Waals surface area contributed by atoms with Gasteiger partial charge in [-0.05, 0) is 24.6 Å². The lowest BCUT2D eigenvalue weighted by atomic mass is 10.0. The number of benzene rings is 1. The van der Waals surface area contributed by atoms with Crippen molar-refractivity contribution in [1.29, 1.82) is 5.26 Å². The molecule has 0 fully saturated rings. The molecule has 0 unspecified atom stereocenters. The summed E-state index contributed by atoms with van der Waals surface area (Å²) in [7, 11) is 0. The van der Waals surface area contributed by atoms with Crippen LogP contribution in [0.15, 0.2) is 17.0 Å². The molecular formula is C12H10F3NO2S. The number of nitrogens with zero attached hydrogens (tertiary/aromatic N) is 1. The molecule has 0 spiro atoms. The highest BCUT2D eigenvalue weighted by atomic mass is 32.1. The van der Waals surface area contributed by atoms with E-state index in [9.17, 15) is 18.0 Å². The summed E-state index contributed by atoms with van der Waals surface area (Å²) in [6.45, 7) is 1.77. The van der Waals surface area contributed by atoms with Crippen molar-refractivity contribution in [3.8, 4) is 6.07 Å². The van der Waals surface area contributed by atoms with Gasteiger partial charge in [0.15, 0.2) is 0 Å². The van der Waals surface area contributed by atoms with Crippen molar-refractivity contribution in [1.82, 2.24) is 0 Å². The van der Waals surface area contributed by atoms with Gasteiger partial charge in [0.2, 0.25) is 0 Å². The summed E-state index contributed by atoms with van der Waals surface area (Å²) in [5.41, 5.74) is -1.04. The van der Waals surface area contributed by atoms with Gasteiger partial charge in [0, 0.05) is 4.90 Å². The van der Waals surface area contributed by atoms with Crippen molar-refractivity contribution in [3.05, 3.63) is 28.8 Å².